The van der Waals surface area contributed by atoms with Crippen LogP contribution >= 0.6 is 0 Å². The first-order valence-electron chi connectivity index (χ1n) is 9.12. The maximum Gasteiger partial charge on any atom is 0.404 e. The van der Waals surface area contributed by atoms with Crippen molar-refractivity contribution >= 4 is 0 Å². The highest BCUT2D eigenvalue weighted by Gasteiger charge is 2.54. The smallest absolute Gasteiger partial charge is 0.303 e. The number of nitrogens with zero attached hydrogens (tertiary/aromatic N) is 3. The lowest BCUT2D eigenvalue weighted by atomic mass is 9.71. The van der Waals surface area contributed by atoms with E-state index in [1.165, 1.54) is 0 Å². The molecule has 3 nitrogen and oxygen atoms in total. The standard InChI is InChI=1S/C17H30F3N3/c1-3-7-22-10-14(11-22)15(17(18,19)20)23-8-5-16(6-9-23)12-21(4-2)13-16/h14-15H,3-13H2,1-2H3. The Morgan fingerprint density at radius 2 is 1.65 bits per heavy atom. The number of hydrogen-bond donors (Lipinski definition) is 0. The summed E-state index contributed by atoms with van der Waals surface area (Å²) in [5, 5.41) is 0. The zero-order valence-corrected chi connectivity index (χ0v) is 14.4. The summed E-state index contributed by atoms with van der Waals surface area (Å²) in [5.74, 6) is -0.232. The molecule has 1 atom stereocenters. The monoisotopic (exact) mass is 333 g/mol. The van der Waals surface area contributed by atoms with Crippen LogP contribution in [0.3, 0.4) is 0 Å². The molecule has 0 amide bonds. The minimum absolute atomic E-state index is 0.232. The summed E-state index contributed by atoms with van der Waals surface area (Å²) in [4.78, 5) is 6.29. The Labute approximate surface area is 137 Å². The molecule has 23 heavy (non-hydrogen) atoms. The second-order valence-electron chi connectivity index (χ2n) is 7.85. The van der Waals surface area contributed by atoms with Gasteiger partial charge in [0.25, 0.3) is 0 Å². The Hall–Kier alpha value is -0.330. The molecular weight excluding hydrogens is 303 g/mol. The van der Waals surface area contributed by atoms with Crippen LogP contribution in [0.15, 0.2) is 0 Å². The molecule has 134 valence electrons. The first kappa shape index (κ1) is 17.5. The van der Waals surface area contributed by atoms with Crippen LogP contribution in [0.2, 0.25) is 0 Å². The number of halogens is 3. The van der Waals surface area contributed by atoms with Crippen molar-refractivity contribution in [2.24, 2.45) is 11.3 Å². The molecule has 0 N–H and O–H groups in total. The predicted octanol–water partition coefficient (Wildman–Crippen LogP) is 2.68. The van der Waals surface area contributed by atoms with Gasteiger partial charge in [0.05, 0.1) is 0 Å². The third-order valence-electron chi connectivity index (χ3n) is 6.12. The molecule has 3 aliphatic heterocycles. The summed E-state index contributed by atoms with van der Waals surface area (Å²) in [7, 11) is 0. The maximum atomic E-state index is 13.6. The van der Waals surface area contributed by atoms with Crippen LogP contribution in [-0.2, 0) is 0 Å². The Bertz CT molecular complexity index is 390. The molecule has 0 bridgehead atoms. The average Bonchev–Trinajstić information content (AvgIpc) is 2.42. The number of likely N-dealkylation sites (tertiary alicyclic amines) is 3. The quantitative estimate of drug-likeness (QED) is 0.766. The van der Waals surface area contributed by atoms with Gasteiger partial charge in [0.2, 0.25) is 0 Å². The van der Waals surface area contributed by atoms with E-state index in [4.69, 9.17) is 0 Å². The number of piperidine rings is 1. The van der Waals surface area contributed by atoms with Gasteiger partial charge in [-0.15, -0.1) is 0 Å². The van der Waals surface area contributed by atoms with Gasteiger partial charge < -0.3 is 9.80 Å². The molecule has 3 fully saturated rings. The van der Waals surface area contributed by atoms with Crippen LogP contribution in [0.1, 0.15) is 33.1 Å². The fraction of sp³-hybridized carbons (Fsp3) is 1.00. The summed E-state index contributed by atoms with van der Waals surface area (Å²) < 4.78 is 40.9. The van der Waals surface area contributed by atoms with Crippen molar-refractivity contribution in [1.82, 2.24) is 14.7 Å². The number of rotatable bonds is 5. The number of hydrogen-bond acceptors (Lipinski definition) is 3. The summed E-state index contributed by atoms with van der Waals surface area (Å²) in [6.07, 6.45) is -1.21. The minimum Gasteiger partial charge on any atom is -0.303 e. The van der Waals surface area contributed by atoms with Gasteiger partial charge in [-0.2, -0.15) is 13.2 Å². The van der Waals surface area contributed by atoms with Gasteiger partial charge in [-0.05, 0) is 50.9 Å². The van der Waals surface area contributed by atoms with Crippen molar-refractivity contribution in [2.45, 2.75) is 45.3 Å². The molecule has 0 radical (unpaired) electrons. The lowest BCUT2D eigenvalue weighted by Crippen LogP contribution is -2.65. The molecule has 1 spiro atoms. The van der Waals surface area contributed by atoms with Crippen molar-refractivity contribution < 1.29 is 13.2 Å². The van der Waals surface area contributed by atoms with E-state index < -0.39 is 12.2 Å². The van der Waals surface area contributed by atoms with E-state index in [9.17, 15) is 13.2 Å². The lowest BCUT2D eigenvalue weighted by Gasteiger charge is -2.56. The molecule has 0 aliphatic carbocycles. The van der Waals surface area contributed by atoms with Gasteiger partial charge in [-0.25, -0.2) is 0 Å². The van der Waals surface area contributed by atoms with E-state index in [1.54, 1.807) is 4.90 Å². The summed E-state index contributed by atoms with van der Waals surface area (Å²) >= 11 is 0. The van der Waals surface area contributed by atoms with Crippen molar-refractivity contribution in [1.29, 1.82) is 0 Å². The zero-order valence-electron chi connectivity index (χ0n) is 14.4. The van der Waals surface area contributed by atoms with Crippen molar-refractivity contribution in [3.63, 3.8) is 0 Å². The van der Waals surface area contributed by atoms with Crippen LogP contribution < -0.4 is 0 Å². The summed E-state index contributed by atoms with van der Waals surface area (Å²) in [6.45, 7) is 10.9. The van der Waals surface area contributed by atoms with Gasteiger partial charge >= 0.3 is 6.18 Å². The van der Waals surface area contributed by atoms with Gasteiger partial charge in [0, 0.05) is 32.1 Å². The normalized spacial score (nSPS) is 28.6. The van der Waals surface area contributed by atoms with Crippen LogP contribution in [0.5, 0.6) is 0 Å². The molecule has 0 aromatic rings. The van der Waals surface area contributed by atoms with Crippen LogP contribution in [-0.4, -0.2) is 79.3 Å². The first-order chi connectivity index (χ1) is 10.9. The average molecular weight is 333 g/mol. The highest BCUT2D eigenvalue weighted by atomic mass is 19.4. The molecule has 1 unspecified atom stereocenters. The summed E-state index contributed by atoms with van der Waals surface area (Å²) in [6, 6.07) is -1.23. The second-order valence-corrected chi connectivity index (χ2v) is 7.85. The zero-order chi connectivity index (χ0) is 16.7. The van der Waals surface area contributed by atoms with Crippen molar-refractivity contribution in [3.8, 4) is 0 Å². The third-order valence-corrected chi connectivity index (χ3v) is 6.12. The second kappa shape index (κ2) is 6.52. The molecular formula is C17H30F3N3. The Kier molecular flexibility index (Phi) is 4.96. The fourth-order valence-electron chi connectivity index (χ4n) is 4.80. The molecule has 3 aliphatic rings. The van der Waals surface area contributed by atoms with E-state index in [2.05, 4.69) is 23.6 Å². The highest BCUT2D eigenvalue weighted by Crippen LogP contribution is 2.43. The Morgan fingerprint density at radius 1 is 1.04 bits per heavy atom. The molecule has 3 rings (SSSR count). The molecule has 0 aromatic carbocycles. The number of alkyl halides is 3. The SMILES string of the molecule is CCCN1CC(C(N2CCC3(CC2)CN(CC)C3)C(F)(F)F)C1. The summed E-state index contributed by atoms with van der Waals surface area (Å²) in [5.41, 5.74) is 0.316. The predicted molar refractivity (Wildman–Crippen MR) is 85.4 cm³/mol. The van der Waals surface area contributed by atoms with E-state index in [-0.39, 0.29) is 5.92 Å². The molecule has 0 saturated carbocycles. The van der Waals surface area contributed by atoms with Crippen LogP contribution in [0, 0.1) is 11.3 Å². The fourth-order valence-corrected chi connectivity index (χ4v) is 4.80. The Morgan fingerprint density at radius 3 is 2.13 bits per heavy atom. The van der Waals surface area contributed by atoms with Gasteiger partial charge in [-0.1, -0.05) is 13.8 Å². The molecule has 3 heterocycles. The van der Waals surface area contributed by atoms with Gasteiger partial charge in [-0.3, -0.25) is 4.90 Å². The van der Waals surface area contributed by atoms with Gasteiger partial charge in [0.1, 0.15) is 6.04 Å². The molecule has 6 heteroatoms. The van der Waals surface area contributed by atoms with Crippen molar-refractivity contribution in [3.05, 3.63) is 0 Å². The lowest BCUT2D eigenvalue weighted by molar-refractivity contribution is -0.218. The van der Waals surface area contributed by atoms with E-state index in [0.717, 1.165) is 45.4 Å². The first-order valence-corrected chi connectivity index (χ1v) is 9.12. The molecule has 3 saturated heterocycles. The van der Waals surface area contributed by atoms with Crippen LogP contribution in [0.4, 0.5) is 13.2 Å². The largest absolute Gasteiger partial charge is 0.404 e. The van der Waals surface area contributed by atoms with E-state index in [1.807, 2.05) is 0 Å². The molecule has 0 aromatic heterocycles. The van der Waals surface area contributed by atoms with Crippen molar-refractivity contribution in [2.75, 3.05) is 52.4 Å². The topological polar surface area (TPSA) is 9.72 Å². The highest BCUT2D eigenvalue weighted by molar-refractivity contribution is 5.01. The van der Waals surface area contributed by atoms with E-state index >= 15 is 0 Å². The Balaban J connectivity index is 1.55. The third kappa shape index (κ3) is 3.54. The van der Waals surface area contributed by atoms with E-state index in [0.29, 0.717) is 31.6 Å². The van der Waals surface area contributed by atoms with Gasteiger partial charge in [0.15, 0.2) is 0 Å². The minimum atomic E-state index is -4.09. The maximum absolute atomic E-state index is 13.6. The van der Waals surface area contributed by atoms with Crippen LogP contribution in [0.25, 0.3) is 0 Å².